The molecule has 0 bridgehead atoms. The molecule has 0 N–H and O–H groups in total. The van der Waals surface area contributed by atoms with Crippen molar-refractivity contribution in [1.29, 1.82) is 0 Å². The van der Waals surface area contributed by atoms with Crippen molar-refractivity contribution in [2.24, 2.45) is 0 Å². The van der Waals surface area contributed by atoms with Gasteiger partial charge in [0.05, 0.1) is 20.5 Å². The van der Waals surface area contributed by atoms with Crippen molar-refractivity contribution in [2.75, 3.05) is 33.6 Å². The number of furan rings is 1. The van der Waals surface area contributed by atoms with Crippen molar-refractivity contribution < 1.29 is 23.4 Å². The Bertz CT molecular complexity index is 1360. The predicted octanol–water partition coefficient (Wildman–Crippen LogP) is 5.80. The van der Waals surface area contributed by atoms with Crippen LogP contribution in [0.1, 0.15) is 11.1 Å². The lowest BCUT2D eigenvalue weighted by atomic mass is 9.99. The molecule has 0 spiro atoms. The predicted molar refractivity (Wildman–Crippen MR) is 138 cm³/mol. The van der Waals surface area contributed by atoms with Crippen LogP contribution in [0.15, 0.2) is 70.2 Å². The molecule has 180 valence electrons. The minimum atomic E-state index is -0.0504. The van der Waals surface area contributed by atoms with E-state index in [2.05, 4.69) is 30.5 Å². The van der Waals surface area contributed by atoms with Crippen molar-refractivity contribution >= 4 is 28.6 Å². The summed E-state index contributed by atoms with van der Waals surface area (Å²) in [6, 6.07) is 18.0. The molecule has 0 radical (unpaired) electrons. The Morgan fingerprint density at radius 2 is 1.74 bits per heavy atom. The van der Waals surface area contributed by atoms with E-state index in [9.17, 15) is 4.79 Å². The fourth-order valence-corrected chi connectivity index (χ4v) is 4.83. The molecule has 2 heterocycles. The highest BCUT2D eigenvalue weighted by Gasteiger charge is 2.23. The highest BCUT2D eigenvalue weighted by Crippen LogP contribution is 2.35. The number of hydrogen-bond acceptors (Lipinski definition) is 6. The van der Waals surface area contributed by atoms with Gasteiger partial charge in [-0.1, -0.05) is 12.1 Å². The first-order valence-electron chi connectivity index (χ1n) is 11.4. The summed E-state index contributed by atoms with van der Waals surface area (Å²) in [5.41, 5.74) is 5.11. The molecule has 0 saturated carbocycles. The third-order valence-corrected chi connectivity index (χ3v) is 7.12. The Morgan fingerprint density at radius 3 is 2.46 bits per heavy atom. The number of methoxy groups -OCH3 is 2. The molecule has 1 aromatic heterocycles. The second-order valence-electron chi connectivity index (χ2n) is 8.37. The molecule has 3 aromatic carbocycles. The van der Waals surface area contributed by atoms with Gasteiger partial charge in [0.25, 0.3) is 5.91 Å². The minimum Gasteiger partial charge on any atom is -0.493 e. The number of amides is 1. The quantitative estimate of drug-likeness (QED) is 0.306. The zero-order chi connectivity index (χ0) is 24.4. The van der Waals surface area contributed by atoms with Gasteiger partial charge in [0, 0.05) is 28.9 Å². The van der Waals surface area contributed by atoms with Gasteiger partial charge in [-0.15, -0.1) is 11.8 Å². The monoisotopic (exact) mass is 489 g/mol. The third-order valence-electron chi connectivity index (χ3n) is 6.38. The van der Waals surface area contributed by atoms with E-state index in [0.717, 1.165) is 34.1 Å². The van der Waals surface area contributed by atoms with Crippen LogP contribution in [-0.2, 0) is 17.8 Å². The number of hydrogen-bond donors (Lipinski definition) is 0. The largest absolute Gasteiger partial charge is 0.493 e. The SMILES string of the molecule is COc1cc2c(cc1OC)CN(C(=O)COc1ccc3occ(-c4ccc(SC)cc4)c3c1)CC2. The molecule has 4 aromatic rings. The van der Waals surface area contributed by atoms with E-state index in [4.69, 9.17) is 18.6 Å². The van der Waals surface area contributed by atoms with E-state index >= 15 is 0 Å². The topological polar surface area (TPSA) is 61.1 Å². The molecule has 35 heavy (non-hydrogen) atoms. The van der Waals surface area contributed by atoms with Gasteiger partial charge in [0.1, 0.15) is 11.3 Å². The van der Waals surface area contributed by atoms with Gasteiger partial charge in [0.2, 0.25) is 0 Å². The van der Waals surface area contributed by atoms with E-state index in [0.29, 0.717) is 30.3 Å². The first-order valence-corrected chi connectivity index (χ1v) is 12.6. The number of thioether (sulfide) groups is 1. The van der Waals surface area contributed by atoms with Crippen molar-refractivity contribution in [3.05, 3.63) is 72.0 Å². The average Bonchev–Trinajstić information content (AvgIpc) is 3.33. The van der Waals surface area contributed by atoms with E-state index in [-0.39, 0.29) is 12.5 Å². The molecule has 0 unspecified atom stereocenters. The Balaban J connectivity index is 1.28. The molecule has 6 nitrogen and oxygen atoms in total. The molecule has 7 heteroatoms. The summed E-state index contributed by atoms with van der Waals surface area (Å²) in [4.78, 5) is 16.0. The number of rotatable bonds is 7. The smallest absolute Gasteiger partial charge is 0.260 e. The number of carbonyl (C=O) groups excluding carboxylic acids is 1. The third kappa shape index (κ3) is 4.68. The van der Waals surface area contributed by atoms with Gasteiger partial charge < -0.3 is 23.5 Å². The average molecular weight is 490 g/mol. The molecule has 1 amide bonds. The van der Waals surface area contributed by atoms with Gasteiger partial charge in [-0.3, -0.25) is 4.79 Å². The van der Waals surface area contributed by atoms with Gasteiger partial charge in [-0.2, -0.15) is 0 Å². The molecule has 0 aliphatic carbocycles. The van der Waals surface area contributed by atoms with E-state index in [1.165, 1.54) is 10.5 Å². The first kappa shape index (κ1) is 23.2. The summed E-state index contributed by atoms with van der Waals surface area (Å²) in [5.74, 6) is 1.97. The Hall–Kier alpha value is -3.58. The lowest BCUT2D eigenvalue weighted by Crippen LogP contribution is -2.38. The van der Waals surface area contributed by atoms with Crippen LogP contribution in [0.3, 0.4) is 0 Å². The Labute approximate surface area is 208 Å². The van der Waals surface area contributed by atoms with Crippen LogP contribution >= 0.6 is 11.8 Å². The summed E-state index contributed by atoms with van der Waals surface area (Å²) < 4.78 is 22.5. The summed E-state index contributed by atoms with van der Waals surface area (Å²) in [5, 5.41) is 0.958. The van der Waals surface area contributed by atoms with Crippen molar-refractivity contribution in [2.45, 2.75) is 17.9 Å². The number of fused-ring (bicyclic) bond motifs is 2. The van der Waals surface area contributed by atoms with Crippen molar-refractivity contribution in [3.63, 3.8) is 0 Å². The zero-order valence-electron chi connectivity index (χ0n) is 20.0. The summed E-state index contributed by atoms with van der Waals surface area (Å²) in [6.07, 6.45) is 4.59. The lowest BCUT2D eigenvalue weighted by Gasteiger charge is -2.29. The Kier molecular flexibility index (Phi) is 6.59. The highest BCUT2D eigenvalue weighted by molar-refractivity contribution is 7.98. The van der Waals surface area contributed by atoms with Crippen molar-refractivity contribution in [3.8, 4) is 28.4 Å². The van der Waals surface area contributed by atoms with E-state index in [1.807, 2.05) is 35.2 Å². The summed E-state index contributed by atoms with van der Waals surface area (Å²) >= 11 is 1.71. The Morgan fingerprint density at radius 1 is 1.00 bits per heavy atom. The summed E-state index contributed by atoms with van der Waals surface area (Å²) in [7, 11) is 3.25. The normalized spacial score (nSPS) is 12.9. The number of benzene rings is 3. The second-order valence-corrected chi connectivity index (χ2v) is 9.25. The maximum atomic E-state index is 12.9. The van der Waals surface area contributed by atoms with Gasteiger partial charge in [-0.25, -0.2) is 0 Å². The van der Waals surface area contributed by atoms with E-state index < -0.39 is 0 Å². The number of nitrogens with zero attached hydrogens (tertiary/aromatic N) is 1. The first-order chi connectivity index (χ1) is 17.1. The fourth-order valence-electron chi connectivity index (χ4n) is 4.42. The molecular formula is C28H27NO5S. The molecule has 0 saturated heterocycles. The number of carbonyl (C=O) groups is 1. The fraction of sp³-hybridized carbons (Fsp3) is 0.250. The maximum absolute atomic E-state index is 12.9. The summed E-state index contributed by atoms with van der Waals surface area (Å²) in [6.45, 7) is 1.14. The van der Waals surface area contributed by atoms with Crippen LogP contribution in [0.4, 0.5) is 0 Å². The minimum absolute atomic E-state index is 0.0241. The zero-order valence-corrected chi connectivity index (χ0v) is 20.8. The van der Waals surface area contributed by atoms with Crippen LogP contribution < -0.4 is 14.2 Å². The van der Waals surface area contributed by atoms with Crippen LogP contribution in [-0.4, -0.2) is 44.4 Å². The molecular weight excluding hydrogens is 462 g/mol. The van der Waals surface area contributed by atoms with Gasteiger partial charge >= 0.3 is 0 Å². The molecule has 1 aliphatic heterocycles. The number of ether oxygens (including phenoxy) is 3. The van der Waals surface area contributed by atoms with Gasteiger partial charge in [-0.05, 0) is 71.8 Å². The van der Waals surface area contributed by atoms with Crippen LogP contribution in [0.2, 0.25) is 0 Å². The van der Waals surface area contributed by atoms with Gasteiger partial charge in [0.15, 0.2) is 18.1 Å². The van der Waals surface area contributed by atoms with Crippen LogP contribution in [0.5, 0.6) is 17.2 Å². The standard InChI is InChI=1S/C28H27NO5S/c1-31-26-12-19-10-11-29(15-20(19)13-27(26)32-2)28(30)17-33-21-6-9-25-23(14-21)24(16-34-25)18-4-7-22(35-3)8-5-18/h4-9,12-14,16H,10-11,15,17H2,1-3H3. The van der Waals surface area contributed by atoms with E-state index in [1.54, 1.807) is 32.2 Å². The molecule has 1 aliphatic rings. The maximum Gasteiger partial charge on any atom is 0.260 e. The lowest BCUT2D eigenvalue weighted by molar-refractivity contribution is -0.134. The molecule has 5 rings (SSSR count). The molecule has 0 atom stereocenters. The van der Waals surface area contributed by atoms with Crippen LogP contribution in [0, 0.1) is 0 Å². The highest BCUT2D eigenvalue weighted by atomic mass is 32.2. The second kappa shape index (κ2) is 9.96. The molecule has 0 fully saturated rings. The van der Waals surface area contributed by atoms with Crippen molar-refractivity contribution in [1.82, 2.24) is 4.90 Å². The van der Waals surface area contributed by atoms with Crippen LogP contribution in [0.25, 0.3) is 22.1 Å².